The number of rotatable bonds is 4. The number of carbonyl (C=O) groups excluding carboxylic acids is 1. The van der Waals surface area contributed by atoms with Gasteiger partial charge in [-0.05, 0) is 42.8 Å². The van der Waals surface area contributed by atoms with Crippen molar-refractivity contribution in [3.05, 3.63) is 90.0 Å². The monoisotopic (exact) mass is 416 g/mol. The van der Waals surface area contributed by atoms with Crippen molar-refractivity contribution >= 4 is 32.3 Å². The maximum atomic E-state index is 13.2. The second-order valence-corrected chi connectivity index (χ2v) is 9.21. The van der Waals surface area contributed by atoms with Gasteiger partial charge in [0.05, 0.1) is 21.7 Å². The van der Waals surface area contributed by atoms with E-state index >= 15 is 0 Å². The van der Waals surface area contributed by atoms with Gasteiger partial charge in [-0.1, -0.05) is 48.5 Å². The zero-order valence-corrected chi connectivity index (χ0v) is 17.4. The Kier molecular flexibility index (Phi) is 5.10. The second-order valence-electron chi connectivity index (χ2n) is 7.20. The number of anilines is 1. The first-order valence-corrected chi connectivity index (χ1v) is 11.3. The van der Waals surface area contributed by atoms with Crippen LogP contribution >= 0.6 is 0 Å². The second kappa shape index (κ2) is 7.72. The minimum absolute atomic E-state index is 0.169. The van der Waals surface area contributed by atoms with Crippen LogP contribution in [0.25, 0.3) is 22.2 Å². The lowest BCUT2D eigenvalue weighted by atomic mass is 10.0. The average Bonchev–Trinajstić information content (AvgIpc) is 2.72. The predicted octanol–water partition coefficient (Wildman–Crippen LogP) is 4.87. The molecule has 0 saturated carbocycles. The highest BCUT2D eigenvalue weighted by molar-refractivity contribution is 7.90. The Balaban J connectivity index is 1.80. The summed E-state index contributed by atoms with van der Waals surface area (Å²) in [4.78, 5) is 18.1. The summed E-state index contributed by atoms with van der Waals surface area (Å²) in [6.45, 7) is 1.79. The van der Waals surface area contributed by atoms with Crippen molar-refractivity contribution in [3.63, 3.8) is 0 Å². The van der Waals surface area contributed by atoms with Crippen LogP contribution in [0, 0.1) is 6.92 Å². The molecule has 150 valence electrons. The lowest BCUT2D eigenvalue weighted by molar-refractivity contribution is 0.102. The molecule has 0 aliphatic heterocycles. The molecular formula is C24H20N2O3S. The summed E-state index contributed by atoms with van der Waals surface area (Å²) in [6, 6.07) is 23.7. The molecule has 1 heterocycles. The Labute approximate surface area is 175 Å². The number of para-hydroxylation sites is 1. The molecule has 0 fully saturated rings. The molecule has 1 N–H and O–H groups in total. The summed E-state index contributed by atoms with van der Waals surface area (Å²) in [7, 11) is -3.39. The van der Waals surface area contributed by atoms with Gasteiger partial charge in [0.1, 0.15) is 0 Å². The molecule has 6 heteroatoms. The van der Waals surface area contributed by atoms with Gasteiger partial charge in [0.15, 0.2) is 9.84 Å². The Morgan fingerprint density at radius 1 is 0.900 bits per heavy atom. The number of hydrogen-bond acceptors (Lipinski definition) is 4. The van der Waals surface area contributed by atoms with Gasteiger partial charge >= 0.3 is 0 Å². The number of amides is 1. The van der Waals surface area contributed by atoms with E-state index in [9.17, 15) is 13.2 Å². The third-order valence-electron chi connectivity index (χ3n) is 4.77. The van der Waals surface area contributed by atoms with Gasteiger partial charge < -0.3 is 5.32 Å². The largest absolute Gasteiger partial charge is 0.322 e. The van der Waals surface area contributed by atoms with Crippen LogP contribution in [0.2, 0.25) is 0 Å². The molecule has 4 aromatic rings. The van der Waals surface area contributed by atoms with E-state index in [4.69, 9.17) is 4.98 Å². The highest BCUT2D eigenvalue weighted by Crippen LogP contribution is 2.26. The molecule has 0 unspecified atom stereocenters. The number of carbonyl (C=O) groups is 1. The molecule has 0 radical (unpaired) electrons. The summed E-state index contributed by atoms with van der Waals surface area (Å²) < 4.78 is 23.9. The fourth-order valence-electron chi connectivity index (χ4n) is 3.35. The van der Waals surface area contributed by atoms with Crippen molar-refractivity contribution in [1.29, 1.82) is 0 Å². The molecule has 30 heavy (non-hydrogen) atoms. The van der Waals surface area contributed by atoms with E-state index in [1.165, 1.54) is 6.07 Å². The lowest BCUT2D eigenvalue weighted by Gasteiger charge is -2.12. The van der Waals surface area contributed by atoms with Crippen molar-refractivity contribution < 1.29 is 13.2 Å². The maximum Gasteiger partial charge on any atom is 0.256 e. The van der Waals surface area contributed by atoms with Crippen LogP contribution in [-0.2, 0) is 9.84 Å². The normalized spacial score (nSPS) is 11.4. The minimum Gasteiger partial charge on any atom is -0.322 e. The number of nitrogens with zero attached hydrogens (tertiary/aromatic N) is 1. The van der Waals surface area contributed by atoms with Gasteiger partial charge in [0.25, 0.3) is 5.91 Å². The number of pyridine rings is 1. The third kappa shape index (κ3) is 4.09. The standard InChI is InChI=1S/C24H20N2O3S/c1-16-12-18(14-19(13-16)30(2,28)29)25-24(27)21-15-23(17-8-4-3-5-9-17)26-22-11-7-6-10-20(21)22/h3-15H,1-2H3,(H,25,27). The Hall–Kier alpha value is -3.51. The number of hydrogen-bond donors (Lipinski definition) is 1. The van der Waals surface area contributed by atoms with Crippen molar-refractivity contribution in [2.24, 2.45) is 0 Å². The van der Waals surface area contributed by atoms with E-state index in [2.05, 4.69) is 5.32 Å². The molecule has 0 aliphatic rings. The van der Waals surface area contributed by atoms with Crippen molar-refractivity contribution in [1.82, 2.24) is 4.98 Å². The predicted molar refractivity (Wildman–Crippen MR) is 119 cm³/mol. The van der Waals surface area contributed by atoms with Crippen LogP contribution in [0.4, 0.5) is 5.69 Å². The summed E-state index contributed by atoms with van der Waals surface area (Å²) in [6.07, 6.45) is 1.15. The topological polar surface area (TPSA) is 76.1 Å². The number of sulfone groups is 1. The Bertz CT molecular complexity index is 1360. The molecule has 3 aromatic carbocycles. The third-order valence-corrected chi connectivity index (χ3v) is 5.86. The van der Waals surface area contributed by atoms with Gasteiger partial charge in [0, 0.05) is 22.9 Å². The van der Waals surface area contributed by atoms with E-state index in [0.717, 1.165) is 22.8 Å². The summed E-state index contributed by atoms with van der Waals surface area (Å²) in [5.74, 6) is -0.323. The first-order chi connectivity index (χ1) is 14.3. The molecule has 0 bridgehead atoms. The summed E-state index contributed by atoms with van der Waals surface area (Å²) in [5, 5.41) is 3.58. The van der Waals surface area contributed by atoms with Gasteiger partial charge in [0.2, 0.25) is 0 Å². The van der Waals surface area contributed by atoms with E-state index in [-0.39, 0.29) is 10.8 Å². The SMILES string of the molecule is Cc1cc(NC(=O)c2cc(-c3ccccc3)nc3ccccc23)cc(S(C)(=O)=O)c1. The van der Waals surface area contributed by atoms with E-state index < -0.39 is 9.84 Å². The lowest BCUT2D eigenvalue weighted by Crippen LogP contribution is -2.14. The average molecular weight is 417 g/mol. The fourth-order valence-corrected chi connectivity index (χ4v) is 4.09. The van der Waals surface area contributed by atoms with Crippen LogP contribution in [-0.4, -0.2) is 25.6 Å². The summed E-state index contributed by atoms with van der Waals surface area (Å²) in [5.41, 5.74) is 3.97. The zero-order valence-electron chi connectivity index (χ0n) is 16.6. The van der Waals surface area contributed by atoms with E-state index in [0.29, 0.717) is 22.5 Å². The van der Waals surface area contributed by atoms with E-state index in [1.807, 2.05) is 54.6 Å². The molecule has 1 aromatic heterocycles. The number of benzene rings is 3. The highest BCUT2D eigenvalue weighted by Gasteiger charge is 2.16. The molecule has 0 atom stereocenters. The van der Waals surface area contributed by atoms with Crippen molar-refractivity contribution in [2.45, 2.75) is 11.8 Å². The Morgan fingerprint density at radius 3 is 2.33 bits per heavy atom. The quantitative estimate of drug-likeness (QED) is 0.515. The van der Waals surface area contributed by atoms with Crippen molar-refractivity contribution in [3.8, 4) is 11.3 Å². The fraction of sp³-hybridized carbons (Fsp3) is 0.0833. The van der Waals surface area contributed by atoms with Gasteiger partial charge in [-0.25, -0.2) is 13.4 Å². The van der Waals surface area contributed by atoms with Crippen LogP contribution < -0.4 is 5.32 Å². The van der Waals surface area contributed by atoms with Gasteiger partial charge in [-0.15, -0.1) is 0 Å². The highest BCUT2D eigenvalue weighted by atomic mass is 32.2. The maximum absolute atomic E-state index is 13.2. The number of aromatic nitrogens is 1. The van der Waals surface area contributed by atoms with E-state index in [1.54, 1.807) is 25.1 Å². The molecule has 0 saturated heterocycles. The zero-order chi connectivity index (χ0) is 21.3. The van der Waals surface area contributed by atoms with Crippen LogP contribution in [0.3, 0.4) is 0 Å². The number of aryl methyl sites for hydroxylation is 1. The molecular weight excluding hydrogens is 396 g/mol. The first kappa shape index (κ1) is 19.8. The first-order valence-electron chi connectivity index (χ1n) is 9.39. The van der Waals surface area contributed by atoms with Gasteiger partial charge in [-0.2, -0.15) is 0 Å². The molecule has 5 nitrogen and oxygen atoms in total. The smallest absolute Gasteiger partial charge is 0.256 e. The van der Waals surface area contributed by atoms with Crippen LogP contribution in [0.15, 0.2) is 83.8 Å². The number of nitrogens with one attached hydrogen (secondary N) is 1. The number of fused-ring (bicyclic) bond motifs is 1. The molecule has 4 rings (SSSR count). The molecule has 0 spiro atoms. The molecule has 1 amide bonds. The molecule has 0 aliphatic carbocycles. The van der Waals surface area contributed by atoms with Crippen molar-refractivity contribution in [2.75, 3.05) is 11.6 Å². The minimum atomic E-state index is -3.39. The van der Waals surface area contributed by atoms with Gasteiger partial charge in [-0.3, -0.25) is 4.79 Å². The summed E-state index contributed by atoms with van der Waals surface area (Å²) >= 11 is 0. The van der Waals surface area contributed by atoms with Crippen LogP contribution in [0.5, 0.6) is 0 Å². The Morgan fingerprint density at radius 2 is 1.60 bits per heavy atom. The van der Waals surface area contributed by atoms with Crippen LogP contribution in [0.1, 0.15) is 15.9 Å².